The van der Waals surface area contributed by atoms with Crippen LogP contribution in [0, 0.1) is 0 Å². The van der Waals surface area contributed by atoms with Gasteiger partial charge in [-0.25, -0.2) is 9.59 Å². The first-order valence-electron chi connectivity index (χ1n) is 18.5. The van der Waals surface area contributed by atoms with Crippen LogP contribution in [-0.2, 0) is 29.0 Å². The summed E-state index contributed by atoms with van der Waals surface area (Å²) >= 11 is 0. The summed E-state index contributed by atoms with van der Waals surface area (Å²) in [5.41, 5.74) is 3.45. The number of unbranched alkanes of at least 4 members (excludes halogenated alkanes) is 4. The number of esters is 1. The van der Waals surface area contributed by atoms with Gasteiger partial charge in [0, 0.05) is 23.2 Å². The minimum Gasteiger partial charge on any atom is -0.494 e. The number of para-hydroxylation sites is 1. The molecule has 10 heteroatoms. The van der Waals surface area contributed by atoms with Crippen molar-refractivity contribution >= 4 is 29.4 Å². The zero-order valence-corrected chi connectivity index (χ0v) is 30.9. The molecule has 0 bridgehead atoms. The summed E-state index contributed by atoms with van der Waals surface area (Å²) in [5.74, 6) is -0.973. The molecule has 0 aliphatic heterocycles. The number of benzene rings is 5. The average Bonchev–Trinajstić information content (AvgIpc) is 3.20. The summed E-state index contributed by atoms with van der Waals surface area (Å²) in [5, 5.41) is 15.3. The second-order valence-corrected chi connectivity index (χ2v) is 13.1. The van der Waals surface area contributed by atoms with E-state index < -0.39 is 23.9 Å². The number of carbonyl (C=O) groups is 4. The number of anilines is 1. The first kappa shape index (κ1) is 39.8. The molecule has 2 amide bonds. The Morgan fingerprint density at radius 1 is 0.655 bits per heavy atom. The number of aliphatic carboxylic acids is 1. The lowest BCUT2D eigenvalue weighted by Crippen LogP contribution is -2.42. The lowest BCUT2D eigenvalue weighted by molar-refractivity contribution is -0.139. The molecule has 0 spiro atoms. The van der Waals surface area contributed by atoms with Gasteiger partial charge < -0.3 is 30.0 Å². The normalized spacial score (nSPS) is 11.2. The molecule has 10 nitrogen and oxygen atoms in total. The monoisotopic (exact) mass is 742 g/mol. The Balaban J connectivity index is 1.08. The highest BCUT2D eigenvalue weighted by Crippen LogP contribution is 2.22. The molecule has 0 aromatic heterocycles. The fourth-order valence-corrected chi connectivity index (χ4v) is 5.73. The molecule has 5 aromatic rings. The molecule has 3 N–H and O–H groups in total. The maximum absolute atomic E-state index is 13.0. The van der Waals surface area contributed by atoms with Gasteiger partial charge in [0.1, 0.15) is 29.9 Å². The molecule has 1 unspecified atom stereocenters. The van der Waals surface area contributed by atoms with Crippen molar-refractivity contribution in [3.63, 3.8) is 0 Å². The van der Waals surface area contributed by atoms with Crippen LogP contribution in [0.3, 0.4) is 0 Å². The molecule has 0 aliphatic carbocycles. The Kier molecular flexibility index (Phi) is 15.0. The van der Waals surface area contributed by atoms with Crippen molar-refractivity contribution in [2.45, 2.75) is 64.5 Å². The lowest BCUT2D eigenvalue weighted by Gasteiger charge is -2.15. The van der Waals surface area contributed by atoms with Crippen LogP contribution in [0.4, 0.5) is 5.69 Å². The van der Waals surface area contributed by atoms with Gasteiger partial charge in [-0.1, -0.05) is 93.3 Å². The van der Waals surface area contributed by atoms with Gasteiger partial charge in [0.15, 0.2) is 0 Å². The smallest absolute Gasteiger partial charge is 0.343 e. The highest BCUT2D eigenvalue weighted by molar-refractivity contribution is 5.98. The van der Waals surface area contributed by atoms with Gasteiger partial charge in [-0.3, -0.25) is 9.59 Å². The van der Waals surface area contributed by atoms with Gasteiger partial charge in [-0.2, -0.15) is 0 Å². The maximum atomic E-state index is 13.0. The summed E-state index contributed by atoms with van der Waals surface area (Å²) < 4.78 is 17.2. The zero-order chi connectivity index (χ0) is 38.8. The van der Waals surface area contributed by atoms with E-state index in [1.165, 1.54) is 31.4 Å². The number of carboxylic acids is 1. The molecule has 0 aliphatic rings. The Morgan fingerprint density at radius 3 is 2.02 bits per heavy atom. The molecule has 0 saturated carbocycles. The zero-order valence-electron chi connectivity index (χ0n) is 30.9. The van der Waals surface area contributed by atoms with Crippen molar-refractivity contribution in [1.29, 1.82) is 0 Å². The Bertz CT molecular complexity index is 2000. The molecule has 55 heavy (non-hydrogen) atoms. The van der Waals surface area contributed by atoms with Gasteiger partial charge in [-0.15, -0.1) is 0 Å². The summed E-state index contributed by atoms with van der Waals surface area (Å²) in [6, 6.07) is 35.3. The maximum Gasteiger partial charge on any atom is 0.343 e. The van der Waals surface area contributed by atoms with E-state index >= 15 is 0 Å². The van der Waals surface area contributed by atoms with E-state index in [1.807, 2.05) is 54.6 Å². The Hall–Kier alpha value is -6.42. The van der Waals surface area contributed by atoms with Crippen LogP contribution in [0.1, 0.15) is 76.4 Å². The highest BCUT2D eigenvalue weighted by atomic mass is 16.5. The minimum atomic E-state index is -1.22. The lowest BCUT2D eigenvalue weighted by atomic mass is 10.0. The number of nitrogens with one attached hydrogen (secondary N) is 2. The first-order chi connectivity index (χ1) is 26.8. The molecular formula is C45H46N2O8. The standard InChI is InChI=1S/C45H46N2O8/c1-2-3-4-5-11-28-53-38-26-20-35(21-27-38)45(52)55-39-24-16-32(17-25-39)29-40(44(50)51)47-43(49)34-18-22-37(23-19-34)46-42(48)30-36-14-9-10-15-41(36)54-31-33-12-7-6-8-13-33/h6-10,12-27,40H,2-5,11,28-31H2,1H3,(H,46,48)(H,47,49)(H,50,51). The SMILES string of the molecule is CCCCCCCOc1ccc(C(=O)Oc2ccc(CC(NC(=O)c3ccc(NC(=O)Cc4ccccc4OCc4ccccc4)cc3)C(=O)O)cc2)cc1. The fourth-order valence-electron chi connectivity index (χ4n) is 5.73. The van der Waals surface area contributed by atoms with E-state index in [1.54, 1.807) is 60.7 Å². The number of amides is 2. The number of carbonyl (C=O) groups excluding carboxylic acids is 3. The van der Waals surface area contributed by atoms with Gasteiger partial charge in [0.2, 0.25) is 5.91 Å². The molecule has 5 rings (SSSR count). The number of ether oxygens (including phenoxy) is 3. The number of hydrogen-bond donors (Lipinski definition) is 3. The molecule has 0 heterocycles. The van der Waals surface area contributed by atoms with E-state index in [4.69, 9.17) is 14.2 Å². The first-order valence-corrected chi connectivity index (χ1v) is 18.5. The predicted octanol–water partition coefficient (Wildman–Crippen LogP) is 8.44. The van der Waals surface area contributed by atoms with Gasteiger partial charge in [0.05, 0.1) is 18.6 Å². The van der Waals surface area contributed by atoms with E-state index in [-0.39, 0.29) is 24.3 Å². The predicted molar refractivity (Wildman–Crippen MR) is 211 cm³/mol. The molecule has 0 fully saturated rings. The van der Waals surface area contributed by atoms with Gasteiger partial charge in [0.25, 0.3) is 5.91 Å². The fraction of sp³-hybridized carbons (Fsp3) is 0.244. The van der Waals surface area contributed by atoms with Crippen molar-refractivity contribution in [1.82, 2.24) is 5.32 Å². The van der Waals surface area contributed by atoms with Crippen LogP contribution in [-0.4, -0.2) is 41.5 Å². The van der Waals surface area contributed by atoms with Crippen LogP contribution in [0.15, 0.2) is 127 Å². The number of rotatable bonds is 20. The third kappa shape index (κ3) is 12.9. The average molecular weight is 743 g/mol. The molecule has 0 saturated heterocycles. The van der Waals surface area contributed by atoms with E-state index in [2.05, 4.69) is 17.6 Å². The third-order valence-electron chi connectivity index (χ3n) is 8.78. The van der Waals surface area contributed by atoms with E-state index in [0.717, 1.165) is 24.0 Å². The minimum absolute atomic E-state index is 0.0000434. The molecule has 1 atom stereocenters. The van der Waals surface area contributed by atoms with Crippen LogP contribution in [0.5, 0.6) is 17.2 Å². The molecule has 284 valence electrons. The summed E-state index contributed by atoms with van der Waals surface area (Å²) in [4.78, 5) is 50.7. The number of hydrogen-bond acceptors (Lipinski definition) is 7. The highest BCUT2D eigenvalue weighted by Gasteiger charge is 2.22. The van der Waals surface area contributed by atoms with Crippen LogP contribution in [0.25, 0.3) is 0 Å². The third-order valence-corrected chi connectivity index (χ3v) is 8.78. The topological polar surface area (TPSA) is 140 Å². The van der Waals surface area contributed by atoms with Crippen LogP contribution >= 0.6 is 0 Å². The summed E-state index contributed by atoms with van der Waals surface area (Å²) in [6.45, 7) is 3.19. The van der Waals surface area contributed by atoms with Crippen molar-refractivity contribution < 1.29 is 38.5 Å². The van der Waals surface area contributed by atoms with Crippen molar-refractivity contribution in [2.24, 2.45) is 0 Å². The Morgan fingerprint density at radius 2 is 1.31 bits per heavy atom. The van der Waals surface area contributed by atoms with Crippen LogP contribution in [0.2, 0.25) is 0 Å². The van der Waals surface area contributed by atoms with Gasteiger partial charge in [-0.05, 0) is 84.3 Å². The van der Waals surface area contributed by atoms with Gasteiger partial charge >= 0.3 is 11.9 Å². The second-order valence-electron chi connectivity index (χ2n) is 13.1. The van der Waals surface area contributed by atoms with Crippen molar-refractivity contribution in [2.75, 3.05) is 11.9 Å². The van der Waals surface area contributed by atoms with Crippen LogP contribution < -0.4 is 24.8 Å². The summed E-state index contributed by atoms with van der Waals surface area (Å²) in [7, 11) is 0. The molecular weight excluding hydrogens is 697 g/mol. The molecule has 0 radical (unpaired) electrons. The summed E-state index contributed by atoms with van der Waals surface area (Å²) in [6.07, 6.45) is 5.83. The second kappa shape index (κ2) is 20.7. The Labute approximate surface area is 321 Å². The number of carboxylic acid groups (broad SMARTS) is 1. The van der Waals surface area contributed by atoms with E-state index in [9.17, 15) is 24.3 Å². The van der Waals surface area contributed by atoms with E-state index in [0.29, 0.717) is 47.3 Å². The van der Waals surface area contributed by atoms with Crippen molar-refractivity contribution in [3.05, 3.63) is 155 Å². The quantitative estimate of drug-likeness (QED) is 0.0410. The molecule has 5 aromatic carbocycles. The largest absolute Gasteiger partial charge is 0.494 e. The van der Waals surface area contributed by atoms with Crippen molar-refractivity contribution in [3.8, 4) is 17.2 Å².